The summed E-state index contributed by atoms with van der Waals surface area (Å²) >= 11 is 0. The third kappa shape index (κ3) is 11.3. The molecule has 3 heteroatoms. The first-order chi connectivity index (χ1) is 12.1. The summed E-state index contributed by atoms with van der Waals surface area (Å²) in [5, 5.41) is 0. The summed E-state index contributed by atoms with van der Waals surface area (Å²) < 4.78 is 5.41. The number of unbranched alkanes of at least 4 members (excludes halogenated alkanes) is 10. The Bertz CT molecular complexity index is 454. The largest absolute Gasteiger partial charge is 0.427 e. The highest BCUT2D eigenvalue weighted by molar-refractivity contribution is 7.95. The lowest BCUT2D eigenvalue weighted by Crippen LogP contribution is -2.07. The maximum Gasteiger partial charge on any atom is 0.311 e. The highest BCUT2D eigenvalue weighted by Crippen LogP contribution is 2.17. The topological polar surface area (TPSA) is 26.3 Å². The van der Waals surface area contributed by atoms with Gasteiger partial charge in [-0.15, -0.1) is 0 Å². The zero-order valence-corrected chi connectivity index (χ0v) is 17.3. The molecular weight excluding hydrogens is 328 g/mol. The van der Waals surface area contributed by atoms with Crippen LogP contribution in [0, 0.1) is 0 Å². The molecule has 0 saturated carbocycles. The van der Waals surface area contributed by atoms with Crippen molar-refractivity contribution in [2.75, 3.05) is 12.5 Å². The SMILES string of the molecule is CCCCCCCCCCCCCC(=O)Oc1ccc([S+](C)C)cc1. The van der Waals surface area contributed by atoms with Gasteiger partial charge in [-0.25, -0.2) is 0 Å². The zero-order chi connectivity index (χ0) is 18.3. The number of esters is 1. The smallest absolute Gasteiger partial charge is 0.311 e. The average Bonchev–Trinajstić information content (AvgIpc) is 2.60. The summed E-state index contributed by atoms with van der Waals surface area (Å²) in [5.74, 6) is 0.568. The normalized spacial score (nSPS) is 11.0. The van der Waals surface area contributed by atoms with E-state index in [0.717, 1.165) is 12.8 Å². The minimum atomic E-state index is -0.101. The van der Waals surface area contributed by atoms with Crippen molar-refractivity contribution < 1.29 is 9.53 Å². The predicted molar refractivity (Wildman–Crippen MR) is 111 cm³/mol. The van der Waals surface area contributed by atoms with Gasteiger partial charge in [0, 0.05) is 17.3 Å². The average molecular weight is 366 g/mol. The molecule has 0 saturated heterocycles. The van der Waals surface area contributed by atoms with Gasteiger partial charge >= 0.3 is 5.97 Å². The molecule has 1 rings (SSSR count). The fraction of sp³-hybridized carbons (Fsp3) is 0.682. The molecule has 0 unspecified atom stereocenters. The van der Waals surface area contributed by atoms with Gasteiger partial charge in [0.2, 0.25) is 0 Å². The van der Waals surface area contributed by atoms with Gasteiger partial charge < -0.3 is 4.74 Å². The molecule has 0 bridgehead atoms. The molecule has 0 aromatic heterocycles. The lowest BCUT2D eigenvalue weighted by atomic mass is 10.1. The number of ether oxygens (including phenoxy) is 1. The highest BCUT2D eigenvalue weighted by Gasteiger charge is 2.09. The Morgan fingerprint density at radius 1 is 0.800 bits per heavy atom. The van der Waals surface area contributed by atoms with Crippen LogP contribution in [-0.2, 0) is 15.7 Å². The number of carbonyl (C=O) groups is 1. The Morgan fingerprint density at radius 2 is 1.28 bits per heavy atom. The number of hydrogen-bond acceptors (Lipinski definition) is 2. The molecule has 0 spiro atoms. The van der Waals surface area contributed by atoms with Crippen molar-refractivity contribution in [3.05, 3.63) is 24.3 Å². The van der Waals surface area contributed by atoms with Crippen LogP contribution in [0.2, 0.25) is 0 Å². The van der Waals surface area contributed by atoms with Gasteiger partial charge in [-0.05, 0) is 30.7 Å². The Kier molecular flexibility index (Phi) is 12.6. The van der Waals surface area contributed by atoms with E-state index in [1.807, 2.05) is 24.3 Å². The Morgan fingerprint density at radius 3 is 1.76 bits per heavy atom. The van der Waals surface area contributed by atoms with E-state index >= 15 is 0 Å². The summed E-state index contributed by atoms with van der Waals surface area (Å²) in [6, 6.07) is 7.91. The van der Waals surface area contributed by atoms with Gasteiger partial charge in [-0.2, -0.15) is 0 Å². The van der Waals surface area contributed by atoms with E-state index in [-0.39, 0.29) is 16.9 Å². The molecule has 1 aromatic rings. The van der Waals surface area contributed by atoms with Crippen LogP contribution in [0.1, 0.15) is 84.0 Å². The molecular formula is C22H37O2S+. The summed E-state index contributed by atoms with van der Waals surface area (Å²) in [6.07, 6.45) is 19.2. The van der Waals surface area contributed by atoms with Gasteiger partial charge in [-0.1, -0.05) is 71.1 Å². The molecule has 0 heterocycles. The summed E-state index contributed by atoms with van der Waals surface area (Å²) in [4.78, 5) is 13.2. The van der Waals surface area contributed by atoms with Gasteiger partial charge in [0.15, 0.2) is 4.90 Å². The Hall–Kier alpha value is -0.960. The number of rotatable bonds is 14. The van der Waals surface area contributed by atoms with E-state index < -0.39 is 0 Å². The molecule has 25 heavy (non-hydrogen) atoms. The molecule has 0 N–H and O–H groups in total. The van der Waals surface area contributed by atoms with E-state index in [1.54, 1.807) is 0 Å². The van der Waals surface area contributed by atoms with Crippen LogP contribution in [0.25, 0.3) is 0 Å². The van der Waals surface area contributed by atoms with Crippen molar-refractivity contribution in [2.45, 2.75) is 88.9 Å². The molecule has 0 radical (unpaired) electrons. The molecule has 0 aliphatic heterocycles. The third-order valence-corrected chi connectivity index (χ3v) is 5.73. The van der Waals surface area contributed by atoms with E-state index in [2.05, 4.69) is 19.4 Å². The van der Waals surface area contributed by atoms with Gasteiger partial charge in [0.1, 0.15) is 18.3 Å². The summed E-state index contributed by atoms with van der Waals surface area (Å²) in [5.41, 5.74) is 0. The van der Waals surface area contributed by atoms with Crippen LogP contribution in [-0.4, -0.2) is 18.5 Å². The van der Waals surface area contributed by atoms with Crippen LogP contribution in [0.4, 0.5) is 0 Å². The van der Waals surface area contributed by atoms with E-state index in [1.165, 1.54) is 62.7 Å². The van der Waals surface area contributed by atoms with Crippen molar-refractivity contribution in [2.24, 2.45) is 0 Å². The van der Waals surface area contributed by atoms with Crippen molar-refractivity contribution in [1.82, 2.24) is 0 Å². The zero-order valence-electron chi connectivity index (χ0n) is 16.5. The minimum absolute atomic E-state index is 0.101. The lowest BCUT2D eigenvalue weighted by molar-refractivity contribution is -0.134. The first-order valence-corrected chi connectivity index (χ1v) is 12.1. The van der Waals surface area contributed by atoms with Gasteiger partial charge in [0.25, 0.3) is 0 Å². The second-order valence-electron chi connectivity index (χ2n) is 7.05. The monoisotopic (exact) mass is 365 g/mol. The molecule has 0 fully saturated rings. The van der Waals surface area contributed by atoms with Crippen molar-refractivity contribution in [1.29, 1.82) is 0 Å². The highest BCUT2D eigenvalue weighted by atomic mass is 32.2. The fourth-order valence-corrected chi connectivity index (χ4v) is 3.58. The number of carbonyl (C=O) groups excluding carboxylic acids is 1. The first-order valence-electron chi connectivity index (χ1n) is 10.0. The maximum atomic E-state index is 11.9. The quantitative estimate of drug-likeness (QED) is 0.162. The predicted octanol–water partition coefficient (Wildman–Crippen LogP) is 6.53. The lowest BCUT2D eigenvalue weighted by Gasteiger charge is -2.05. The molecule has 142 valence electrons. The second kappa shape index (κ2) is 14.2. The van der Waals surface area contributed by atoms with Crippen molar-refractivity contribution >= 4 is 16.9 Å². The third-order valence-electron chi connectivity index (χ3n) is 4.51. The van der Waals surface area contributed by atoms with E-state index in [4.69, 9.17) is 4.74 Å². The first kappa shape index (κ1) is 22.1. The molecule has 0 aliphatic carbocycles. The van der Waals surface area contributed by atoms with Crippen LogP contribution in [0.5, 0.6) is 5.75 Å². The molecule has 0 aliphatic rings. The molecule has 0 atom stereocenters. The maximum absolute atomic E-state index is 11.9. The number of hydrogen-bond donors (Lipinski definition) is 0. The molecule has 1 aromatic carbocycles. The second-order valence-corrected chi connectivity index (χ2v) is 9.15. The van der Waals surface area contributed by atoms with Crippen molar-refractivity contribution in [3.8, 4) is 5.75 Å². The van der Waals surface area contributed by atoms with Gasteiger partial charge in [0.05, 0.1) is 0 Å². The Labute approximate surface area is 158 Å². The van der Waals surface area contributed by atoms with Crippen LogP contribution >= 0.6 is 0 Å². The summed E-state index contributed by atoms with van der Waals surface area (Å²) in [7, 11) is 0.247. The number of benzene rings is 1. The van der Waals surface area contributed by atoms with Gasteiger partial charge in [-0.3, -0.25) is 4.79 Å². The Balaban J connectivity index is 1.98. The van der Waals surface area contributed by atoms with Crippen LogP contribution in [0.15, 0.2) is 29.2 Å². The van der Waals surface area contributed by atoms with Crippen LogP contribution < -0.4 is 4.74 Å². The van der Waals surface area contributed by atoms with E-state index in [9.17, 15) is 4.79 Å². The molecule has 2 nitrogen and oxygen atoms in total. The summed E-state index contributed by atoms with van der Waals surface area (Å²) in [6.45, 7) is 2.26. The standard InChI is InChI=1S/C22H37O2S/c1-4-5-6-7-8-9-10-11-12-13-14-15-22(23)24-20-16-18-21(19-17-20)25(2)3/h16-19H,4-15H2,1-3H3/q+1. The van der Waals surface area contributed by atoms with Crippen molar-refractivity contribution in [3.63, 3.8) is 0 Å². The van der Waals surface area contributed by atoms with E-state index in [0.29, 0.717) is 12.2 Å². The minimum Gasteiger partial charge on any atom is -0.427 e. The molecule has 0 amide bonds. The van der Waals surface area contributed by atoms with Crippen LogP contribution in [0.3, 0.4) is 0 Å². The fourth-order valence-electron chi connectivity index (χ4n) is 2.90.